The minimum Gasteiger partial charge on any atom is -0.446 e. The van der Waals surface area contributed by atoms with Gasteiger partial charge in [0.15, 0.2) is 0 Å². The van der Waals surface area contributed by atoms with Crippen LogP contribution in [0.15, 0.2) is 38.2 Å². The lowest BCUT2D eigenvalue weighted by atomic mass is 10.4. The summed E-state index contributed by atoms with van der Waals surface area (Å²) in [6.45, 7) is 2.24. The number of aryl methyl sites for hydroxylation is 1. The van der Waals surface area contributed by atoms with Gasteiger partial charge in [-0.15, -0.1) is 0 Å². The van der Waals surface area contributed by atoms with Crippen LogP contribution in [0.1, 0.15) is 11.5 Å². The van der Waals surface area contributed by atoms with Crippen LogP contribution in [0.5, 0.6) is 0 Å². The smallest absolute Gasteiger partial charge is 0.296 e. The molecule has 0 radical (unpaired) electrons. The van der Waals surface area contributed by atoms with Crippen LogP contribution in [0.25, 0.3) is 0 Å². The third-order valence-corrected chi connectivity index (χ3v) is 4.58. The van der Waals surface area contributed by atoms with Crippen molar-refractivity contribution in [2.45, 2.75) is 18.6 Å². The lowest BCUT2D eigenvalue weighted by molar-refractivity contribution is 0.408. The fourth-order valence-electron chi connectivity index (χ4n) is 1.56. The zero-order valence-electron chi connectivity index (χ0n) is 11.0. The predicted molar refractivity (Wildman–Crippen MR) is 79.0 cm³/mol. The molecule has 0 saturated heterocycles. The number of aromatic nitrogens is 1. The Labute approximate surface area is 125 Å². The van der Waals surface area contributed by atoms with Crippen molar-refractivity contribution in [3.8, 4) is 0 Å². The average molecular weight is 360 g/mol. The number of rotatable bonds is 5. The molecule has 2 N–H and O–H groups in total. The Bertz CT molecular complexity index is 712. The van der Waals surface area contributed by atoms with Gasteiger partial charge in [-0.3, -0.25) is 4.72 Å². The summed E-state index contributed by atoms with van der Waals surface area (Å²) < 4.78 is 32.7. The van der Waals surface area contributed by atoms with E-state index in [0.29, 0.717) is 18.0 Å². The molecule has 0 aliphatic carbocycles. The van der Waals surface area contributed by atoms with Crippen molar-refractivity contribution in [3.05, 3.63) is 40.2 Å². The molecule has 2 aromatic heterocycles. The van der Waals surface area contributed by atoms with E-state index in [9.17, 15) is 8.42 Å². The van der Waals surface area contributed by atoms with Crippen LogP contribution in [0, 0.1) is 6.92 Å². The van der Waals surface area contributed by atoms with Crippen molar-refractivity contribution in [1.29, 1.82) is 0 Å². The molecule has 0 bridgehead atoms. The number of sulfonamides is 1. The summed E-state index contributed by atoms with van der Waals surface area (Å²) >= 11 is 3.31. The van der Waals surface area contributed by atoms with Crippen molar-refractivity contribution in [2.75, 3.05) is 11.8 Å². The molecule has 0 unspecified atom stereocenters. The Kier molecular flexibility index (Phi) is 4.46. The van der Waals surface area contributed by atoms with Crippen LogP contribution in [0.2, 0.25) is 0 Å². The van der Waals surface area contributed by atoms with Crippen LogP contribution in [0.4, 0.5) is 5.82 Å². The van der Waals surface area contributed by atoms with Gasteiger partial charge in [0.1, 0.15) is 11.6 Å². The largest absolute Gasteiger partial charge is 0.446 e. The fraction of sp³-hybridized carbons (Fsp3) is 0.250. The summed E-state index contributed by atoms with van der Waals surface area (Å²) in [5.41, 5.74) is 0.695. The van der Waals surface area contributed by atoms with Crippen LogP contribution < -0.4 is 10.0 Å². The van der Waals surface area contributed by atoms with E-state index in [-0.39, 0.29) is 10.9 Å². The molecule has 0 aliphatic heterocycles. The quantitative estimate of drug-likeness (QED) is 0.855. The van der Waals surface area contributed by atoms with Crippen LogP contribution in [-0.2, 0) is 16.6 Å². The standard InChI is InChI=1S/C12H14BrN3O3S/c1-8-10(13)4-5-11(15-8)16-20(17,18)12-6-3-9(19-12)7-14-2/h3-6,14H,7H2,1-2H3,(H,15,16). The Morgan fingerprint density at radius 2 is 2.05 bits per heavy atom. The Hall–Kier alpha value is -1.38. The molecule has 20 heavy (non-hydrogen) atoms. The summed E-state index contributed by atoms with van der Waals surface area (Å²) in [6.07, 6.45) is 0. The molecule has 0 saturated carbocycles. The van der Waals surface area contributed by atoms with Crippen molar-refractivity contribution in [3.63, 3.8) is 0 Å². The lowest BCUT2D eigenvalue weighted by Gasteiger charge is -2.06. The summed E-state index contributed by atoms with van der Waals surface area (Å²) in [4.78, 5) is 4.14. The average Bonchev–Trinajstić information content (AvgIpc) is 2.83. The minimum atomic E-state index is -3.76. The number of halogens is 1. The van der Waals surface area contributed by atoms with Gasteiger partial charge in [0.25, 0.3) is 10.0 Å². The van der Waals surface area contributed by atoms with Gasteiger partial charge in [0, 0.05) is 4.47 Å². The molecule has 0 aliphatic rings. The maximum atomic E-state index is 12.1. The number of hydrogen-bond donors (Lipinski definition) is 2. The van der Waals surface area contributed by atoms with Crippen LogP contribution >= 0.6 is 15.9 Å². The number of anilines is 1. The first-order valence-corrected chi connectivity index (χ1v) is 8.09. The molecule has 0 atom stereocenters. The highest BCUT2D eigenvalue weighted by Gasteiger charge is 2.19. The van der Waals surface area contributed by atoms with Gasteiger partial charge in [-0.1, -0.05) is 0 Å². The Morgan fingerprint density at radius 1 is 1.30 bits per heavy atom. The predicted octanol–water partition coefficient (Wildman–Crippen LogP) is 2.27. The van der Waals surface area contributed by atoms with Gasteiger partial charge in [0.2, 0.25) is 5.09 Å². The minimum absolute atomic E-state index is 0.134. The van der Waals surface area contributed by atoms with Crippen molar-refractivity contribution in [1.82, 2.24) is 10.3 Å². The molecule has 0 aromatic carbocycles. The van der Waals surface area contributed by atoms with Gasteiger partial charge >= 0.3 is 0 Å². The van der Waals surface area contributed by atoms with E-state index in [4.69, 9.17) is 4.42 Å². The van der Waals surface area contributed by atoms with Crippen LogP contribution in [-0.4, -0.2) is 20.4 Å². The molecule has 2 heterocycles. The summed E-state index contributed by atoms with van der Waals surface area (Å²) in [5.74, 6) is 0.796. The van der Waals surface area contributed by atoms with Gasteiger partial charge in [-0.05, 0) is 54.2 Å². The van der Waals surface area contributed by atoms with Crippen molar-refractivity contribution in [2.24, 2.45) is 0 Å². The molecule has 2 aromatic rings. The molecule has 0 amide bonds. The van der Waals surface area contributed by atoms with Crippen molar-refractivity contribution < 1.29 is 12.8 Å². The zero-order chi connectivity index (χ0) is 14.8. The van der Waals surface area contributed by atoms with E-state index in [2.05, 4.69) is 31.0 Å². The number of nitrogens with zero attached hydrogens (tertiary/aromatic N) is 1. The van der Waals surface area contributed by atoms with Crippen LogP contribution in [0.3, 0.4) is 0 Å². The fourth-order valence-corrected chi connectivity index (χ4v) is 2.74. The Balaban J connectivity index is 2.23. The normalized spacial score (nSPS) is 11.6. The monoisotopic (exact) mass is 359 g/mol. The van der Waals surface area contributed by atoms with E-state index in [1.807, 2.05) is 0 Å². The molecule has 108 valence electrons. The third kappa shape index (κ3) is 3.38. The first-order chi connectivity index (χ1) is 9.42. The number of pyridine rings is 1. The maximum Gasteiger partial charge on any atom is 0.296 e. The summed E-state index contributed by atoms with van der Waals surface area (Å²) in [5, 5.41) is 2.75. The molecule has 8 heteroatoms. The second kappa shape index (κ2) is 5.94. The van der Waals surface area contributed by atoms with E-state index in [0.717, 1.165) is 4.47 Å². The second-order valence-electron chi connectivity index (χ2n) is 4.12. The maximum absolute atomic E-state index is 12.1. The first kappa shape index (κ1) is 15.0. The van der Waals surface area contributed by atoms with E-state index in [1.165, 1.54) is 6.07 Å². The number of furan rings is 1. The Morgan fingerprint density at radius 3 is 2.70 bits per heavy atom. The first-order valence-electron chi connectivity index (χ1n) is 5.81. The van der Waals surface area contributed by atoms with E-state index >= 15 is 0 Å². The molecule has 0 spiro atoms. The SMILES string of the molecule is CNCc1ccc(S(=O)(=O)Nc2ccc(Br)c(C)n2)o1. The summed E-state index contributed by atoms with van der Waals surface area (Å²) in [6, 6.07) is 6.34. The molecule has 2 rings (SSSR count). The molecular formula is C12H14BrN3O3S. The summed E-state index contributed by atoms with van der Waals surface area (Å²) in [7, 11) is -2.01. The molecule has 0 fully saturated rings. The molecular weight excluding hydrogens is 346 g/mol. The topological polar surface area (TPSA) is 84.2 Å². The van der Waals surface area contributed by atoms with E-state index in [1.54, 1.807) is 32.2 Å². The number of hydrogen-bond acceptors (Lipinski definition) is 5. The number of nitrogens with one attached hydrogen (secondary N) is 2. The van der Waals surface area contributed by atoms with Gasteiger partial charge in [0.05, 0.1) is 12.2 Å². The third-order valence-electron chi connectivity index (χ3n) is 2.51. The van der Waals surface area contributed by atoms with Crippen molar-refractivity contribution >= 4 is 31.8 Å². The van der Waals surface area contributed by atoms with Gasteiger partial charge in [-0.25, -0.2) is 4.98 Å². The molecule has 6 nitrogen and oxygen atoms in total. The van der Waals surface area contributed by atoms with Gasteiger partial charge < -0.3 is 9.73 Å². The second-order valence-corrected chi connectivity index (χ2v) is 6.59. The highest BCUT2D eigenvalue weighted by Crippen LogP contribution is 2.20. The highest BCUT2D eigenvalue weighted by molar-refractivity contribution is 9.10. The van der Waals surface area contributed by atoms with E-state index < -0.39 is 10.0 Å². The highest BCUT2D eigenvalue weighted by atomic mass is 79.9. The van der Waals surface area contributed by atoms with Gasteiger partial charge in [-0.2, -0.15) is 8.42 Å². The lowest BCUT2D eigenvalue weighted by Crippen LogP contribution is -2.13. The zero-order valence-corrected chi connectivity index (χ0v) is 13.4.